The average molecular weight is 348 g/mol. The molecule has 1 unspecified atom stereocenters. The molecule has 2 fully saturated rings. The maximum absolute atomic E-state index is 5.94. The van der Waals surface area contributed by atoms with Crippen molar-refractivity contribution in [3.05, 3.63) is 54.4 Å². The van der Waals surface area contributed by atoms with Crippen LogP contribution in [0.5, 0.6) is 5.75 Å². The number of nitrogens with two attached hydrogens (primary N) is 1. The number of nitrogens with zero attached hydrogens (tertiary/aromatic N) is 3. The summed E-state index contributed by atoms with van der Waals surface area (Å²) in [5, 5.41) is 0. The third-order valence-electron chi connectivity index (χ3n) is 6.00. The van der Waals surface area contributed by atoms with E-state index in [1.807, 2.05) is 48.5 Å². The van der Waals surface area contributed by atoms with Gasteiger partial charge < -0.3 is 15.0 Å². The van der Waals surface area contributed by atoms with Gasteiger partial charge in [-0.25, -0.2) is 4.98 Å². The molecule has 134 valence electrons. The smallest absolute Gasteiger partial charge is 0.123 e. The number of anilines is 1. The molecule has 2 N–H and O–H groups in total. The molecule has 1 saturated carbocycles. The topological polar surface area (TPSA) is 56.3 Å². The van der Waals surface area contributed by atoms with Crippen LogP contribution in [0.2, 0.25) is 0 Å². The second kappa shape index (κ2) is 6.02. The quantitative estimate of drug-likeness (QED) is 0.721. The van der Waals surface area contributed by atoms with E-state index in [-0.39, 0.29) is 0 Å². The molecule has 5 nitrogen and oxygen atoms in total. The number of hydrogen-bond acceptors (Lipinski definition) is 4. The maximum atomic E-state index is 5.94. The van der Waals surface area contributed by atoms with Gasteiger partial charge >= 0.3 is 0 Å². The number of aryl methyl sites for hydroxylation is 1. The van der Waals surface area contributed by atoms with Crippen LogP contribution < -0.4 is 10.5 Å². The largest absolute Gasteiger partial charge is 0.493 e. The molecule has 1 aliphatic heterocycles. The number of nitrogen functional groups attached to an aromatic ring is 1. The van der Waals surface area contributed by atoms with Crippen LogP contribution in [-0.2, 0) is 13.6 Å². The van der Waals surface area contributed by atoms with Gasteiger partial charge in [0.1, 0.15) is 11.6 Å². The molecule has 5 rings (SSSR count). The first-order valence-electron chi connectivity index (χ1n) is 9.30. The standard InChI is InChI=1S/C21H24N4O/c1-24-20-9-14(22)7-8-19(20)23-21(24)12-25-10-16-17(11-25)18(16)13-26-15-5-3-2-4-6-15/h2-9,16-18H,10-13,22H2,1H3/t16-,17+,18?. The average Bonchev–Trinajstić information content (AvgIpc) is 2.97. The number of piperidine rings is 1. The molecule has 2 aromatic carbocycles. The highest BCUT2D eigenvalue weighted by molar-refractivity contribution is 5.79. The van der Waals surface area contributed by atoms with Gasteiger partial charge in [-0.3, -0.25) is 4.90 Å². The number of rotatable bonds is 5. The summed E-state index contributed by atoms with van der Waals surface area (Å²) in [6, 6.07) is 16.1. The fourth-order valence-corrected chi connectivity index (χ4v) is 4.42. The minimum Gasteiger partial charge on any atom is -0.493 e. The van der Waals surface area contributed by atoms with Gasteiger partial charge in [0.15, 0.2) is 0 Å². The van der Waals surface area contributed by atoms with Crippen molar-refractivity contribution in [1.29, 1.82) is 0 Å². The Kier molecular flexibility index (Phi) is 3.64. The molecule has 1 aliphatic carbocycles. The maximum Gasteiger partial charge on any atom is 0.123 e. The van der Waals surface area contributed by atoms with E-state index in [0.29, 0.717) is 5.92 Å². The summed E-state index contributed by atoms with van der Waals surface area (Å²) in [4.78, 5) is 7.32. The third-order valence-corrected chi connectivity index (χ3v) is 6.00. The Morgan fingerprint density at radius 2 is 1.88 bits per heavy atom. The van der Waals surface area contributed by atoms with E-state index < -0.39 is 0 Å². The lowest BCUT2D eigenvalue weighted by Crippen LogP contribution is -2.26. The monoisotopic (exact) mass is 348 g/mol. The summed E-state index contributed by atoms with van der Waals surface area (Å²) in [7, 11) is 2.08. The fourth-order valence-electron chi connectivity index (χ4n) is 4.42. The van der Waals surface area contributed by atoms with Crippen molar-refractivity contribution >= 4 is 16.7 Å². The molecule has 0 radical (unpaired) electrons. The minimum absolute atomic E-state index is 0.715. The molecule has 26 heavy (non-hydrogen) atoms. The lowest BCUT2D eigenvalue weighted by atomic mass is 10.2. The summed E-state index contributed by atoms with van der Waals surface area (Å²) in [5.41, 5.74) is 8.83. The van der Waals surface area contributed by atoms with Crippen molar-refractivity contribution in [3.8, 4) is 5.75 Å². The molecule has 1 aromatic heterocycles. The Balaban J connectivity index is 1.19. The molecule has 1 saturated heterocycles. The summed E-state index contributed by atoms with van der Waals surface area (Å²) in [5.74, 6) is 4.37. The van der Waals surface area contributed by atoms with Gasteiger partial charge in [-0.15, -0.1) is 0 Å². The van der Waals surface area contributed by atoms with Crippen molar-refractivity contribution in [3.63, 3.8) is 0 Å². The number of imidazole rings is 1. The van der Waals surface area contributed by atoms with Crippen LogP contribution in [0, 0.1) is 17.8 Å². The highest BCUT2D eigenvalue weighted by Crippen LogP contribution is 2.52. The zero-order valence-corrected chi connectivity index (χ0v) is 15.0. The van der Waals surface area contributed by atoms with Crippen LogP contribution in [-0.4, -0.2) is 34.1 Å². The predicted molar refractivity (Wildman–Crippen MR) is 103 cm³/mol. The van der Waals surface area contributed by atoms with Crippen molar-refractivity contribution in [2.24, 2.45) is 24.8 Å². The molecule has 2 aliphatic rings. The zero-order chi connectivity index (χ0) is 17.7. The molecule has 2 heterocycles. The molecule has 0 amide bonds. The number of para-hydroxylation sites is 1. The van der Waals surface area contributed by atoms with Gasteiger partial charge in [0, 0.05) is 31.7 Å². The molecular weight excluding hydrogens is 324 g/mol. The van der Waals surface area contributed by atoms with Crippen molar-refractivity contribution in [1.82, 2.24) is 14.5 Å². The first-order chi connectivity index (χ1) is 12.7. The number of fused-ring (bicyclic) bond motifs is 2. The van der Waals surface area contributed by atoms with Crippen molar-refractivity contribution in [2.75, 3.05) is 25.4 Å². The number of aromatic nitrogens is 2. The van der Waals surface area contributed by atoms with Gasteiger partial charge in [0.05, 0.1) is 24.2 Å². The Morgan fingerprint density at radius 1 is 1.12 bits per heavy atom. The normalized spacial score (nSPS) is 24.7. The predicted octanol–water partition coefficient (Wildman–Crippen LogP) is 2.91. The van der Waals surface area contributed by atoms with Crippen LogP contribution in [0.3, 0.4) is 0 Å². The molecular formula is C21H24N4O. The summed E-state index contributed by atoms with van der Waals surface area (Å²) >= 11 is 0. The van der Waals surface area contributed by atoms with Gasteiger partial charge in [-0.2, -0.15) is 0 Å². The van der Waals surface area contributed by atoms with E-state index in [1.54, 1.807) is 0 Å². The second-order valence-electron chi connectivity index (χ2n) is 7.64. The lowest BCUT2D eigenvalue weighted by Gasteiger charge is -2.19. The van der Waals surface area contributed by atoms with Crippen LogP contribution in [0.4, 0.5) is 5.69 Å². The van der Waals surface area contributed by atoms with E-state index in [0.717, 1.165) is 66.4 Å². The highest BCUT2D eigenvalue weighted by atomic mass is 16.5. The van der Waals surface area contributed by atoms with E-state index >= 15 is 0 Å². The van der Waals surface area contributed by atoms with E-state index in [1.165, 1.54) is 0 Å². The van der Waals surface area contributed by atoms with Gasteiger partial charge in [-0.05, 0) is 42.2 Å². The summed E-state index contributed by atoms with van der Waals surface area (Å²) < 4.78 is 8.12. The minimum atomic E-state index is 0.715. The number of ether oxygens (including phenoxy) is 1. The molecule has 3 aromatic rings. The summed E-state index contributed by atoms with van der Waals surface area (Å²) in [6.07, 6.45) is 0. The number of benzene rings is 2. The van der Waals surface area contributed by atoms with Gasteiger partial charge in [0.2, 0.25) is 0 Å². The van der Waals surface area contributed by atoms with E-state index in [9.17, 15) is 0 Å². The van der Waals surface area contributed by atoms with Crippen LogP contribution in [0.25, 0.3) is 11.0 Å². The fraction of sp³-hybridized carbons (Fsp3) is 0.381. The number of hydrogen-bond donors (Lipinski definition) is 1. The Morgan fingerprint density at radius 3 is 2.65 bits per heavy atom. The van der Waals surface area contributed by atoms with Crippen molar-refractivity contribution < 1.29 is 4.74 Å². The first-order valence-corrected chi connectivity index (χ1v) is 9.30. The van der Waals surface area contributed by atoms with Crippen LogP contribution in [0.15, 0.2) is 48.5 Å². The molecule has 0 bridgehead atoms. The Bertz CT molecular complexity index is 924. The van der Waals surface area contributed by atoms with E-state index in [2.05, 4.69) is 16.5 Å². The van der Waals surface area contributed by atoms with Gasteiger partial charge in [-0.1, -0.05) is 18.2 Å². The highest BCUT2D eigenvalue weighted by Gasteiger charge is 2.55. The number of likely N-dealkylation sites (tertiary alicyclic amines) is 1. The molecule has 3 atom stereocenters. The third kappa shape index (κ3) is 2.72. The Hall–Kier alpha value is -2.53. The first kappa shape index (κ1) is 15.7. The lowest BCUT2D eigenvalue weighted by molar-refractivity contribution is 0.226. The second-order valence-corrected chi connectivity index (χ2v) is 7.64. The SMILES string of the molecule is Cn1c(CN2C[C@@H]3C(COc4ccccc4)[C@@H]3C2)nc2ccc(N)cc21. The van der Waals surface area contributed by atoms with Crippen LogP contribution >= 0.6 is 0 Å². The van der Waals surface area contributed by atoms with Crippen molar-refractivity contribution in [2.45, 2.75) is 6.54 Å². The van der Waals surface area contributed by atoms with Crippen LogP contribution in [0.1, 0.15) is 5.82 Å². The van der Waals surface area contributed by atoms with Gasteiger partial charge in [0.25, 0.3) is 0 Å². The molecule has 5 heteroatoms. The summed E-state index contributed by atoms with van der Waals surface area (Å²) in [6.45, 7) is 4.06. The van der Waals surface area contributed by atoms with E-state index in [4.69, 9.17) is 15.5 Å². The Labute approximate surface area is 153 Å². The zero-order valence-electron chi connectivity index (χ0n) is 15.0. The molecule has 0 spiro atoms.